The van der Waals surface area contributed by atoms with Crippen molar-refractivity contribution in [1.29, 1.82) is 0 Å². The van der Waals surface area contributed by atoms with Gasteiger partial charge in [-0.3, -0.25) is 0 Å². The van der Waals surface area contributed by atoms with E-state index in [1.165, 1.54) is 57.8 Å². The standard InChI is InChI=1S/C15H24O/c1-2-13-8-10-15(11-9-13)16-12-14-6-4-3-5-7-14/h1,13-15H,3-12H2. The molecule has 2 aliphatic carbocycles. The molecule has 1 heteroatoms. The summed E-state index contributed by atoms with van der Waals surface area (Å²) in [4.78, 5) is 0. The third-order valence-corrected chi connectivity index (χ3v) is 4.20. The van der Waals surface area contributed by atoms with E-state index < -0.39 is 0 Å². The summed E-state index contributed by atoms with van der Waals surface area (Å²) >= 11 is 0. The van der Waals surface area contributed by atoms with Crippen molar-refractivity contribution < 1.29 is 4.74 Å². The SMILES string of the molecule is C#CC1CCC(OCC2CCCCC2)CC1. The van der Waals surface area contributed by atoms with Crippen molar-refractivity contribution in [2.45, 2.75) is 63.9 Å². The monoisotopic (exact) mass is 220 g/mol. The van der Waals surface area contributed by atoms with Crippen LogP contribution in [0.2, 0.25) is 0 Å². The first kappa shape index (κ1) is 12.0. The van der Waals surface area contributed by atoms with Crippen LogP contribution >= 0.6 is 0 Å². The molecule has 0 atom stereocenters. The number of hydrogen-bond acceptors (Lipinski definition) is 1. The van der Waals surface area contributed by atoms with Crippen molar-refractivity contribution >= 4 is 0 Å². The molecule has 0 N–H and O–H groups in total. The lowest BCUT2D eigenvalue weighted by Gasteiger charge is -2.28. The summed E-state index contributed by atoms with van der Waals surface area (Å²) in [6, 6.07) is 0. The Bertz CT molecular complexity index is 226. The first-order chi connectivity index (χ1) is 7.88. The first-order valence-electron chi connectivity index (χ1n) is 6.96. The maximum absolute atomic E-state index is 6.05. The smallest absolute Gasteiger partial charge is 0.0576 e. The van der Waals surface area contributed by atoms with E-state index in [1.807, 2.05) is 0 Å². The Kier molecular flexibility index (Phi) is 4.72. The topological polar surface area (TPSA) is 9.23 Å². The van der Waals surface area contributed by atoms with Crippen LogP contribution in [0.3, 0.4) is 0 Å². The van der Waals surface area contributed by atoms with Gasteiger partial charge in [-0.1, -0.05) is 19.3 Å². The lowest BCUT2D eigenvalue weighted by Crippen LogP contribution is -2.24. The fourth-order valence-electron chi connectivity index (χ4n) is 3.02. The Morgan fingerprint density at radius 2 is 1.62 bits per heavy atom. The van der Waals surface area contributed by atoms with Crippen LogP contribution in [0.4, 0.5) is 0 Å². The van der Waals surface area contributed by atoms with E-state index in [1.54, 1.807) is 0 Å². The molecule has 0 spiro atoms. The maximum atomic E-state index is 6.05. The second-order valence-corrected chi connectivity index (χ2v) is 5.48. The van der Waals surface area contributed by atoms with Gasteiger partial charge in [-0.15, -0.1) is 12.3 Å². The predicted octanol–water partition coefficient (Wildman–Crippen LogP) is 3.78. The van der Waals surface area contributed by atoms with Crippen molar-refractivity contribution in [1.82, 2.24) is 0 Å². The number of terminal acetylenes is 1. The predicted molar refractivity (Wildman–Crippen MR) is 67.1 cm³/mol. The summed E-state index contributed by atoms with van der Waals surface area (Å²) in [5.41, 5.74) is 0. The summed E-state index contributed by atoms with van der Waals surface area (Å²) in [7, 11) is 0. The van der Waals surface area contributed by atoms with E-state index >= 15 is 0 Å². The van der Waals surface area contributed by atoms with Crippen LogP contribution in [0.1, 0.15) is 57.8 Å². The van der Waals surface area contributed by atoms with Crippen LogP contribution in [0.5, 0.6) is 0 Å². The Morgan fingerprint density at radius 1 is 0.938 bits per heavy atom. The fourth-order valence-corrected chi connectivity index (χ4v) is 3.02. The molecule has 2 fully saturated rings. The third kappa shape index (κ3) is 3.52. The van der Waals surface area contributed by atoms with Crippen LogP contribution in [0.25, 0.3) is 0 Å². The molecule has 0 bridgehead atoms. The minimum atomic E-state index is 0.506. The molecule has 0 radical (unpaired) electrons. The molecular weight excluding hydrogens is 196 g/mol. The number of rotatable bonds is 3. The van der Waals surface area contributed by atoms with Gasteiger partial charge in [0.1, 0.15) is 0 Å². The molecule has 0 heterocycles. The van der Waals surface area contributed by atoms with E-state index in [-0.39, 0.29) is 0 Å². The fraction of sp³-hybridized carbons (Fsp3) is 0.867. The van der Waals surface area contributed by atoms with Crippen LogP contribution in [-0.4, -0.2) is 12.7 Å². The summed E-state index contributed by atoms with van der Waals surface area (Å²) in [5, 5.41) is 0. The van der Waals surface area contributed by atoms with Gasteiger partial charge in [0.15, 0.2) is 0 Å². The van der Waals surface area contributed by atoms with Crippen molar-refractivity contribution in [2.24, 2.45) is 11.8 Å². The molecule has 0 aromatic rings. The van der Waals surface area contributed by atoms with E-state index in [2.05, 4.69) is 5.92 Å². The highest BCUT2D eigenvalue weighted by atomic mass is 16.5. The lowest BCUT2D eigenvalue weighted by molar-refractivity contribution is -0.00301. The minimum Gasteiger partial charge on any atom is -0.378 e. The zero-order chi connectivity index (χ0) is 11.2. The molecule has 1 nitrogen and oxygen atoms in total. The Balaban J connectivity index is 1.61. The Morgan fingerprint density at radius 3 is 2.25 bits per heavy atom. The highest BCUT2D eigenvalue weighted by Gasteiger charge is 2.21. The molecule has 2 aliphatic rings. The van der Waals surface area contributed by atoms with Gasteiger partial charge in [-0.2, -0.15) is 0 Å². The van der Waals surface area contributed by atoms with Gasteiger partial charge in [-0.05, 0) is 44.4 Å². The molecule has 90 valence electrons. The van der Waals surface area contributed by atoms with Crippen LogP contribution in [-0.2, 0) is 4.74 Å². The van der Waals surface area contributed by atoms with Gasteiger partial charge in [0.25, 0.3) is 0 Å². The lowest BCUT2D eigenvalue weighted by atomic mass is 9.87. The second kappa shape index (κ2) is 6.30. The average Bonchev–Trinajstić information content (AvgIpc) is 2.38. The first-order valence-corrected chi connectivity index (χ1v) is 6.96. The Hall–Kier alpha value is -0.480. The van der Waals surface area contributed by atoms with Gasteiger partial charge in [0, 0.05) is 12.5 Å². The van der Waals surface area contributed by atoms with Crippen LogP contribution in [0, 0.1) is 24.2 Å². The van der Waals surface area contributed by atoms with Crippen LogP contribution in [0.15, 0.2) is 0 Å². The third-order valence-electron chi connectivity index (χ3n) is 4.20. The summed E-state index contributed by atoms with van der Waals surface area (Å²) in [6.45, 7) is 1.01. The highest BCUT2D eigenvalue weighted by Crippen LogP contribution is 2.28. The van der Waals surface area contributed by atoms with Gasteiger partial charge >= 0.3 is 0 Å². The summed E-state index contributed by atoms with van der Waals surface area (Å²) < 4.78 is 6.05. The van der Waals surface area contributed by atoms with Gasteiger partial charge in [0.05, 0.1) is 6.10 Å². The zero-order valence-electron chi connectivity index (χ0n) is 10.3. The molecule has 2 saturated carbocycles. The molecule has 0 amide bonds. The van der Waals surface area contributed by atoms with E-state index in [9.17, 15) is 0 Å². The molecule has 0 saturated heterocycles. The molecule has 16 heavy (non-hydrogen) atoms. The molecular formula is C15H24O. The van der Waals surface area contributed by atoms with Crippen molar-refractivity contribution in [3.05, 3.63) is 0 Å². The van der Waals surface area contributed by atoms with Crippen molar-refractivity contribution in [3.63, 3.8) is 0 Å². The van der Waals surface area contributed by atoms with E-state index in [0.717, 1.165) is 12.5 Å². The van der Waals surface area contributed by atoms with Crippen molar-refractivity contribution in [2.75, 3.05) is 6.61 Å². The summed E-state index contributed by atoms with van der Waals surface area (Å²) in [5.74, 6) is 4.24. The highest BCUT2D eigenvalue weighted by molar-refractivity contribution is 4.95. The van der Waals surface area contributed by atoms with Gasteiger partial charge < -0.3 is 4.74 Å². The number of hydrogen-bond donors (Lipinski definition) is 0. The normalized spacial score (nSPS) is 32.2. The molecule has 0 aromatic heterocycles. The summed E-state index contributed by atoms with van der Waals surface area (Å²) in [6.07, 6.45) is 17.7. The van der Waals surface area contributed by atoms with Crippen molar-refractivity contribution in [3.8, 4) is 12.3 Å². The van der Waals surface area contributed by atoms with E-state index in [0.29, 0.717) is 12.0 Å². The van der Waals surface area contributed by atoms with Gasteiger partial charge in [0.2, 0.25) is 0 Å². The zero-order valence-corrected chi connectivity index (χ0v) is 10.3. The average molecular weight is 220 g/mol. The van der Waals surface area contributed by atoms with Gasteiger partial charge in [-0.25, -0.2) is 0 Å². The largest absolute Gasteiger partial charge is 0.378 e. The second-order valence-electron chi connectivity index (χ2n) is 5.48. The molecule has 0 unspecified atom stereocenters. The molecule has 2 rings (SSSR count). The molecule has 0 aliphatic heterocycles. The molecule has 0 aromatic carbocycles. The number of ether oxygens (including phenoxy) is 1. The quantitative estimate of drug-likeness (QED) is 0.658. The minimum absolute atomic E-state index is 0.506. The maximum Gasteiger partial charge on any atom is 0.0576 e. The Labute approximate surface area is 99.9 Å². The van der Waals surface area contributed by atoms with Crippen LogP contribution < -0.4 is 0 Å². The van der Waals surface area contributed by atoms with E-state index in [4.69, 9.17) is 11.2 Å².